The van der Waals surface area contributed by atoms with Crippen LogP contribution >= 0.6 is 0 Å². The maximum Gasteiger partial charge on any atom is 0.247 e. The van der Waals surface area contributed by atoms with Crippen LogP contribution in [0.4, 0.5) is 5.69 Å². The highest BCUT2D eigenvalue weighted by atomic mass is 16.5. The topological polar surface area (TPSA) is 77.2 Å². The molecule has 2 aromatic rings. The summed E-state index contributed by atoms with van der Waals surface area (Å²) in [6, 6.07) is 10.9. The second kappa shape index (κ2) is 5.61. The van der Waals surface area contributed by atoms with Crippen LogP contribution in [0.5, 0.6) is 5.75 Å². The quantitative estimate of drug-likeness (QED) is 0.870. The van der Waals surface area contributed by atoms with Crippen molar-refractivity contribution in [1.82, 2.24) is 4.98 Å². The largest absolute Gasteiger partial charge is 0.495 e. The SMILES string of the molecule is COc1ccccc1NC(C)(C(N)=O)c1ccncc1. The molecule has 2 rings (SSSR count). The highest BCUT2D eigenvalue weighted by Gasteiger charge is 2.33. The van der Waals surface area contributed by atoms with Gasteiger partial charge in [-0.2, -0.15) is 0 Å². The number of aromatic nitrogens is 1. The Morgan fingerprint density at radius 3 is 2.50 bits per heavy atom. The predicted molar refractivity (Wildman–Crippen MR) is 77.4 cm³/mol. The molecule has 20 heavy (non-hydrogen) atoms. The summed E-state index contributed by atoms with van der Waals surface area (Å²) in [5.41, 5.74) is 5.98. The molecule has 0 aliphatic heterocycles. The van der Waals surface area contributed by atoms with Crippen molar-refractivity contribution in [3.8, 4) is 5.75 Å². The molecule has 104 valence electrons. The molecular formula is C15H17N3O2. The maximum atomic E-state index is 11.9. The average molecular weight is 271 g/mol. The standard InChI is InChI=1S/C15H17N3O2/c1-15(14(16)19,11-7-9-17-10-8-11)18-12-5-3-4-6-13(12)20-2/h3-10,18H,1-2H3,(H2,16,19). The number of carbonyl (C=O) groups is 1. The number of ether oxygens (including phenoxy) is 1. The van der Waals surface area contributed by atoms with Crippen molar-refractivity contribution in [2.45, 2.75) is 12.5 Å². The molecule has 5 heteroatoms. The van der Waals surface area contributed by atoms with Crippen molar-refractivity contribution in [1.29, 1.82) is 0 Å². The van der Waals surface area contributed by atoms with Gasteiger partial charge in [-0.3, -0.25) is 9.78 Å². The zero-order chi connectivity index (χ0) is 14.6. The molecule has 1 heterocycles. The minimum Gasteiger partial charge on any atom is -0.495 e. The Labute approximate surface area is 117 Å². The number of rotatable bonds is 5. The van der Waals surface area contributed by atoms with E-state index in [1.807, 2.05) is 24.3 Å². The van der Waals surface area contributed by atoms with E-state index >= 15 is 0 Å². The zero-order valence-electron chi connectivity index (χ0n) is 11.5. The van der Waals surface area contributed by atoms with E-state index in [2.05, 4.69) is 10.3 Å². The minimum absolute atomic E-state index is 0.477. The summed E-state index contributed by atoms with van der Waals surface area (Å²) in [5.74, 6) is 0.170. The molecule has 1 aromatic carbocycles. The van der Waals surface area contributed by atoms with Gasteiger partial charge in [0.15, 0.2) is 0 Å². The molecule has 0 saturated carbocycles. The van der Waals surface area contributed by atoms with E-state index in [0.717, 1.165) is 5.56 Å². The van der Waals surface area contributed by atoms with Crippen molar-refractivity contribution in [3.63, 3.8) is 0 Å². The first-order valence-electron chi connectivity index (χ1n) is 6.19. The molecule has 0 fully saturated rings. The molecule has 1 unspecified atom stereocenters. The van der Waals surface area contributed by atoms with Crippen LogP contribution in [0.3, 0.4) is 0 Å². The van der Waals surface area contributed by atoms with E-state index in [1.54, 1.807) is 38.6 Å². The highest BCUT2D eigenvalue weighted by Crippen LogP contribution is 2.31. The lowest BCUT2D eigenvalue weighted by Gasteiger charge is -2.29. The van der Waals surface area contributed by atoms with Gasteiger partial charge in [-0.1, -0.05) is 12.1 Å². The number of hydrogen-bond acceptors (Lipinski definition) is 4. The molecule has 0 radical (unpaired) electrons. The molecule has 1 amide bonds. The second-order valence-electron chi connectivity index (χ2n) is 4.55. The molecule has 1 aromatic heterocycles. The molecule has 0 aliphatic rings. The van der Waals surface area contributed by atoms with Crippen LogP contribution in [0, 0.1) is 0 Å². The van der Waals surface area contributed by atoms with Crippen LogP contribution in [0.15, 0.2) is 48.8 Å². The Morgan fingerprint density at radius 2 is 1.90 bits per heavy atom. The third-order valence-corrected chi connectivity index (χ3v) is 3.24. The minimum atomic E-state index is -1.04. The number of para-hydroxylation sites is 2. The lowest BCUT2D eigenvalue weighted by Crippen LogP contribution is -2.45. The Morgan fingerprint density at radius 1 is 1.25 bits per heavy atom. The van der Waals surface area contributed by atoms with Crippen LogP contribution in [-0.4, -0.2) is 18.0 Å². The third-order valence-electron chi connectivity index (χ3n) is 3.24. The number of benzene rings is 1. The number of carbonyl (C=O) groups excluding carboxylic acids is 1. The van der Waals surface area contributed by atoms with Gasteiger partial charge in [0.2, 0.25) is 5.91 Å². The van der Waals surface area contributed by atoms with Gasteiger partial charge >= 0.3 is 0 Å². The van der Waals surface area contributed by atoms with E-state index in [-0.39, 0.29) is 0 Å². The number of amides is 1. The van der Waals surface area contributed by atoms with E-state index in [0.29, 0.717) is 11.4 Å². The van der Waals surface area contributed by atoms with Crippen molar-refractivity contribution in [2.24, 2.45) is 5.73 Å². The molecular weight excluding hydrogens is 254 g/mol. The fourth-order valence-corrected chi connectivity index (χ4v) is 1.98. The number of nitrogens with two attached hydrogens (primary N) is 1. The van der Waals surface area contributed by atoms with Gasteiger partial charge in [0.05, 0.1) is 12.8 Å². The lowest BCUT2D eigenvalue weighted by molar-refractivity contribution is -0.122. The first-order chi connectivity index (χ1) is 9.58. The zero-order valence-corrected chi connectivity index (χ0v) is 11.5. The number of hydrogen-bond donors (Lipinski definition) is 2. The number of nitrogens with zero attached hydrogens (tertiary/aromatic N) is 1. The van der Waals surface area contributed by atoms with E-state index in [9.17, 15) is 4.79 Å². The summed E-state index contributed by atoms with van der Waals surface area (Å²) in [4.78, 5) is 15.9. The fourth-order valence-electron chi connectivity index (χ4n) is 1.98. The normalized spacial score (nSPS) is 13.3. The molecule has 0 spiro atoms. The smallest absolute Gasteiger partial charge is 0.247 e. The summed E-state index contributed by atoms with van der Waals surface area (Å²) in [7, 11) is 1.58. The molecule has 0 bridgehead atoms. The van der Waals surface area contributed by atoms with Gasteiger partial charge in [-0.05, 0) is 36.8 Å². The maximum absolute atomic E-state index is 11.9. The van der Waals surface area contributed by atoms with Gasteiger partial charge in [-0.25, -0.2) is 0 Å². The van der Waals surface area contributed by atoms with Crippen molar-refractivity contribution in [3.05, 3.63) is 54.4 Å². The summed E-state index contributed by atoms with van der Waals surface area (Å²) < 4.78 is 5.28. The van der Waals surface area contributed by atoms with Crippen LogP contribution in [0.1, 0.15) is 12.5 Å². The summed E-state index contributed by atoms with van der Waals surface area (Å²) in [6.45, 7) is 1.73. The third kappa shape index (κ3) is 2.56. The van der Waals surface area contributed by atoms with E-state index in [1.165, 1.54) is 0 Å². The van der Waals surface area contributed by atoms with Crippen LogP contribution in [0.2, 0.25) is 0 Å². The number of methoxy groups -OCH3 is 1. The predicted octanol–water partition coefficient (Wildman–Crippen LogP) is 1.90. The van der Waals surface area contributed by atoms with Gasteiger partial charge in [0.1, 0.15) is 11.3 Å². The van der Waals surface area contributed by atoms with Crippen molar-refractivity contribution >= 4 is 11.6 Å². The Balaban J connectivity index is 2.43. The summed E-state index contributed by atoms with van der Waals surface area (Å²) in [5, 5.41) is 3.16. The lowest BCUT2D eigenvalue weighted by atomic mass is 9.91. The van der Waals surface area contributed by atoms with Crippen molar-refractivity contribution in [2.75, 3.05) is 12.4 Å². The Kier molecular flexibility index (Phi) is 3.89. The molecule has 1 atom stereocenters. The first-order valence-corrected chi connectivity index (χ1v) is 6.19. The summed E-state index contributed by atoms with van der Waals surface area (Å²) >= 11 is 0. The highest BCUT2D eigenvalue weighted by molar-refractivity contribution is 5.89. The molecule has 5 nitrogen and oxygen atoms in total. The number of nitrogens with one attached hydrogen (secondary N) is 1. The van der Waals surface area contributed by atoms with Crippen molar-refractivity contribution < 1.29 is 9.53 Å². The fraction of sp³-hybridized carbons (Fsp3) is 0.200. The number of primary amides is 1. The van der Waals surface area contributed by atoms with E-state index < -0.39 is 11.4 Å². The van der Waals surface area contributed by atoms with Gasteiger partial charge in [0, 0.05) is 12.4 Å². The molecule has 0 aliphatic carbocycles. The van der Waals surface area contributed by atoms with Crippen LogP contribution in [0.25, 0.3) is 0 Å². The average Bonchev–Trinajstić information content (AvgIpc) is 2.48. The van der Waals surface area contributed by atoms with Gasteiger partial charge < -0.3 is 15.8 Å². The van der Waals surface area contributed by atoms with Gasteiger partial charge in [-0.15, -0.1) is 0 Å². The molecule has 3 N–H and O–H groups in total. The number of anilines is 1. The van der Waals surface area contributed by atoms with E-state index in [4.69, 9.17) is 10.5 Å². The summed E-state index contributed by atoms with van der Waals surface area (Å²) in [6.07, 6.45) is 3.25. The Hall–Kier alpha value is -2.56. The first kappa shape index (κ1) is 13.9. The number of pyridine rings is 1. The second-order valence-corrected chi connectivity index (χ2v) is 4.55. The monoisotopic (exact) mass is 271 g/mol. The van der Waals surface area contributed by atoms with Crippen LogP contribution in [-0.2, 0) is 10.3 Å². The van der Waals surface area contributed by atoms with Crippen LogP contribution < -0.4 is 15.8 Å². The van der Waals surface area contributed by atoms with Gasteiger partial charge in [0.25, 0.3) is 0 Å². The Bertz CT molecular complexity index is 601. The molecule has 0 saturated heterocycles.